The highest BCUT2D eigenvalue weighted by Crippen LogP contribution is 2.24. The van der Waals surface area contributed by atoms with E-state index in [1.807, 2.05) is 41.8 Å². The smallest absolute Gasteiger partial charge is 0.272 e. The van der Waals surface area contributed by atoms with Crippen LogP contribution in [0.1, 0.15) is 16.2 Å². The molecule has 0 aliphatic heterocycles. The summed E-state index contributed by atoms with van der Waals surface area (Å²) in [5, 5.41) is 15.7. The van der Waals surface area contributed by atoms with Crippen LogP contribution >= 0.6 is 11.3 Å². The average Bonchev–Trinajstić information content (AvgIpc) is 3.47. The van der Waals surface area contributed by atoms with Crippen molar-refractivity contribution in [3.05, 3.63) is 65.3 Å². The standard InChI is InChI=1S/C19H16N4O3S/c1-25-14-6-4-12(5-7-14)17-9-13(23-26-17)11-20-19(24)16-10-15(21-22-16)18-3-2-8-27-18/h2-10H,11H2,1H3,(H,20,24)(H,21,22). The molecule has 7 nitrogen and oxygen atoms in total. The molecule has 0 fully saturated rings. The highest BCUT2D eigenvalue weighted by molar-refractivity contribution is 7.13. The Hall–Kier alpha value is -3.39. The summed E-state index contributed by atoms with van der Waals surface area (Å²) >= 11 is 1.58. The largest absolute Gasteiger partial charge is 0.497 e. The fraction of sp³-hybridized carbons (Fsp3) is 0.105. The van der Waals surface area contributed by atoms with Gasteiger partial charge in [-0.15, -0.1) is 11.3 Å². The normalized spacial score (nSPS) is 10.7. The zero-order chi connectivity index (χ0) is 18.6. The van der Waals surface area contributed by atoms with Gasteiger partial charge in [-0.3, -0.25) is 9.89 Å². The summed E-state index contributed by atoms with van der Waals surface area (Å²) in [6, 6.07) is 14.9. The third-order valence-corrected chi connectivity index (χ3v) is 4.86. The quantitative estimate of drug-likeness (QED) is 0.532. The highest BCUT2D eigenvalue weighted by Gasteiger charge is 2.13. The van der Waals surface area contributed by atoms with Gasteiger partial charge in [0.25, 0.3) is 5.91 Å². The van der Waals surface area contributed by atoms with Crippen molar-refractivity contribution in [1.82, 2.24) is 20.7 Å². The number of carbonyl (C=O) groups excluding carboxylic acids is 1. The molecule has 4 rings (SSSR count). The molecule has 0 aliphatic carbocycles. The zero-order valence-corrected chi connectivity index (χ0v) is 15.2. The van der Waals surface area contributed by atoms with Gasteiger partial charge in [0.2, 0.25) is 0 Å². The third kappa shape index (κ3) is 3.75. The Kier molecular flexibility index (Phi) is 4.71. The Labute approximate surface area is 159 Å². The van der Waals surface area contributed by atoms with Crippen molar-refractivity contribution in [3.63, 3.8) is 0 Å². The molecule has 1 aromatic carbocycles. The first-order chi connectivity index (χ1) is 13.2. The molecular formula is C19H16N4O3S. The van der Waals surface area contributed by atoms with E-state index >= 15 is 0 Å². The van der Waals surface area contributed by atoms with Gasteiger partial charge in [0.05, 0.1) is 24.2 Å². The van der Waals surface area contributed by atoms with E-state index in [1.165, 1.54) is 0 Å². The first kappa shape index (κ1) is 17.0. The molecule has 3 aromatic heterocycles. The van der Waals surface area contributed by atoms with Gasteiger partial charge in [-0.05, 0) is 41.8 Å². The maximum Gasteiger partial charge on any atom is 0.272 e. The molecular weight excluding hydrogens is 364 g/mol. The number of methoxy groups -OCH3 is 1. The fourth-order valence-corrected chi connectivity index (χ4v) is 3.24. The molecule has 136 valence electrons. The molecule has 0 aliphatic rings. The molecule has 0 radical (unpaired) electrons. The topological polar surface area (TPSA) is 93.0 Å². The van der Waals surface area contributed by atoms with Gasteiger partial charge in [-0.25, -0.2) is 0 Å². The molecule has 0 unspecified atom stereocenters. The Bertz CT molecular complexity index is 1040. The van der Waals surface area contributed by atoms with Crippen LogP contribution in [0.3, 0.4) is 0 Å². The van der Waals surface area contributed by atoms with Crippen LogP contribution in [0.25, 0.3) is 21.9 Å². The van der Waals surface area contributed by atoms with E-state index in [1.54, 1.807) is 30.6 Å². The molecule has 3 heterocycles. The second kappa shape index (κ2) is 7.46. The van der Waals surface area contributed by atoms with Crippen molar-refractivity contribution >= 4 is 17.2 Å². The number of nitrogens with zero attached hydrogens (tertiary/aromatic N) is 2. The summed E-state index contributed by atoms with van der Waals surface area (Å²) in [5.74, 6) is 1.12. The van der Waals surface area contributed by atoms with Crippen LogP contribution < -0.4 is 10.1 Å². The van der Waals surface area contributed by atoms with Crippen LogP contribution in [-0.4, -0.2) is 28.4 Å². The summed E-state index contributed by atoms with van der Waals surface area (Å²) in [6.07, 6.45) is 0. The third-order valence-electron chi connectivity index (χ3n) is 3.96. The SMILES string of the molecule is COc1ccc(-c2cc(CNC(=O)c3cc(-c4cccs4)[nH]n3)no2)cc1. The fourth-order valence-electron chi connectivity index (χ4n) is 2.54. The number of hydrogen-bond donors (Lipinski definition) is 2. The van der Waals surface area contributed by atoms with Crippen LogP contribution in [-0.2, 0) is 6.54 Å². The van der Waals surface area contributed by atoms with Crippen LogP contribution in [0.4, 0.5) is 0 Å². The Morgan fingerprint density at radius 3 is 2.85 bits per heavy atom. The lowest BCUT2D eigenvalue weighted by Crippen LogP contribution is -2.23. The number of carbonyl (C=O) groups is 1. The molecule has 0 atom stereocenters. The lowest BCUT2D eigenvalue weighted by atomic mass is 10.1. The molecule has 8 heteroatoms. The van der Waals surface area contributed by atoms with Crippen molar-refractivity contribution in [1.29, 1.82) is 0 Å². The van der Waals surface area contributed by atoms with E-state index in [-0.39, 0.29) is 12.5 Å². The summed E-state index contributed by atoms with van der Waals surface area (Å²) in [6.45, 7) is 0.250. The lowest BCUT2D eigenvalue weighted by Gasteiger charge is -1.99. The van der Waals surface area contributed by atoms with E-state index in [2.05, 4.69) is 20.7 Å². The van der Waals surface area contributed by atoms with E-state index < -0.39 is 0 Å². The highest BCUT2D eigenvalue weighted by atomic mass is 32.1. The predicted octanol–water partition coefficient (Wildman–Crippen LogP) is 3.73. The number of hydrogen-bond acceptors (Lipinski definition) is 6. The van der Waals surface area contributed by atoms with Gasteiger partial charge in [0.1, 0.15) is 11.4 Å². The molecule has 0 bridgehead atoms. The minimum atomic E-state index is -0.275. The van der Waals surface area contributed by atoms with Crippen LogP contribution in [0.15, 0.2) is 58.4 Å². The van der Waals surface area contributed by atoms with Crippen molar-refractivity contribution in [2.24, 2.45) is 0 Å². The Morgan fingerprint density at radius 2 is 2.11 bits per heavy atom. The van der Waals surface area contributed by atoms with Gasteiger partial charge in [0.15, 0.2) is 11.5 Å². The number of thiophene rings is 1. The maximum absolute atomic E-state index is 12.3. The van der Waals surface area contributed by atoms with Crippen LogP contribution in [0.2, 0.25) is 0 Å². The van der Waals surface area contributed by atoms with Crippen molar-refractivity contribution < 1.29 is 14.1 Å². The summed E-state index contributed by atoms with van der Waals surface area (Å²) in [7, 11) is 1.62. The van der Waals surface area contributed by atoms with E-state index in [0.29, 0.717) is 17.1 Å². The maximum atomic E-state index is 12.3. The van der Waals surface area contributed by atoms with Crippen LogP contribution in [0, 0.1) is 0 Å². The molecule has 0 saturated carbocycles. The first-order valence-corrected chi connectivity index (χ1v) is 9.08. The molecule has 4 aromatic rings. The minimum Gasteiger partial charge on any atom is -0.497 e. The molecule has 0 saturated heterocycles. The van der Waals surface area contributed by atoms with E-state index in [4.69, 9.17) is 9.26 Å². The van der Waals surface area contributed by atoms with E-state index in [9.17, 15) is 4.79 Å². The van der Waals surface area contributed by atoms with Gasteiger partial charge in [0, 0.05) is 11.6 Å². The second-order valence-corrected chi connectivity index (χ2v) is 6.69. The summed E-state index contributed by atoms with van der Waals surface area (Å²) in [4.78, 5) is 13.3. The summed E-state index contributed by atoms with van der Waals surface area (Å²) in [5.41, 5.74) is 2.66. The number of nitrogens with one attached hydrogen (secondary N) is 2. The summed E-state index contributed by atoms with van der Waals surface area (Å²) < 4.78 is 10.5. The number of ether oxygens (including phenoxy) is 1. The number of aromatic amines is 1. The number of rotatable bonds is 6. The van der Waals surface area contributed by atoms with Gasteiger partial charge in [-0.1, -0.05) is 11.2 Å². The number of benzene rings is 1. The Balaban J connectivity index is 1.39. The minimum absolute atomic E-state index is 0.250. The van der Waals surface area contributed by atoms with Crippen LogP contribution in [0.5, 0.6) is 5.75 Å². The number of H-pyrrole nitrogens is 1. The first-order valence-electron chi connectivity index (χ1n) is 8.20. The van der Waals surface area contributed by atoms with Crippen molar-refractivity contribution in [2.75, 3.05) is 7.11 Å². The molecule has 0 spiro atoms. The Morgan fingerprint density at radius 1 is 1.26 bits per heavy atom. The monoisotopic (exact) mass is 380 g/mol. The van der Waals surface area contributed by atoms with E-state index in [0.717, 1.165) is 21.9 Å². The van der Waals surface area contributed by atoms with Gasteiger partial charge in [-0.2, -0.15) is 5.10 Å². The molecule has 27 heavy (non-hydrogen) atoms. The zero-order valence-electron chi connectivity index (χ0n) is 14.4. The predicted molar refractivity (Wildman–Crippen MR) is 102 cm³/mol. The number of amides is 1. The lowest BCUT2D eigenvalue weighted by molar-refractivity contribution is 0.0945. The molecule has 2 N–H and O–H groups in total. The second-order valence-electron chi connectivity index (χ2n) is 5.74. The van der Waals surface area contributed by atoms with Gasteiger partial charge >= 0.3 is 0 Å². The average molecular weight is 380 g/mol. The van der Waals surface area contributed by atoms with Crippen molar-refractivity contribution in [2.45, 2.75) is 6.54 Å². The van der Waals surface area contributed by atoms with Gasteiger partial charge < -0.3 is 14.6 Å². The molecule has 1 amide bonds. The van der Waals surface area contributed by atoms with Crippen molar-refractivity contribution in [3.8, 4) is 27.6 Å². The number of aromatic nitrogens is 3.